The minimum Gasteiger partial charge on any atom is -0.457 e. The van der Waals surface area contributed by atoms with Gasteiger partial charge in [0.1, 0.15) is 11.5 Å². The fourth-order valence-electron chi connectivity index (χ4n) is 2.66. The quantitative estimate of drug-likeness (QED) is 0.595. The first-order valence-electron chi connectivity index (χ1n) is 7.44. The van der Waals surface area contributed by atoms with E-state index in [0.717, 1.165) is 39.4 Å². The fraction of sp³-hybridized carbons (Fsp3) is 0.0526. The van der Waals surface area contributed by atoms with Gasteiger partial charge in [-0.05, 0) is 37.3 Å². The molecule has 0 fully saturated rings. The number of aryl methyl sites for hydroxylation is 1. The van der Waals surface area contributed by atoms with Crippen LogP contribution in [0.4, 0.5) is 0 Å². The third-order valence-electron chi connectivity index (χ3n) is 3.73. The smallest absolute Gasteiger partial charge is 0.128 e. The molecule has 0 radical (unpaired) electrons. The Balaban J connectivity index is 1.77. The number of nitrogens with one attached hydrogen (secondary N) is 1. The zero-order valence-corrected chi connectivity index (χ0v) is 12.7. The summed E-state index contributed by atoms with van der Waals surface area (Å²) in [6.07, 6.45) is 1.78. The number of nitrogens with zero attached hydrogens (tertiary/aromatic N) is 2. The maximum absolute atomic E-state index is 5.91. The molecule has 4 rings (SSSR count). The van der Waals surface area contributed by atoms with Crippen molar-refractivity contribution in [1.82, 2.24) is 15.2 Å². The molecule has 0 saturated carbocycles. The molecule has 2 aromatic carbocycles. The highest BCUT2D eigenvalue weighted by Crippen LogP contribution is 2.31. The minimum atomic E-state index is 0.786. The Morgan fingerprint density at radius 1 is 0.913 bits per heavy atom. The van der Waals surface area contributed by atoms with Crippen LogP contribution >= 0.6 is 0 Å². The van der Waals surface area contributed by atoms with Gasteiger partial charge in [0.05, 0.1) is 11.2 Å². The summed E-state index contributed by atoms with van der Waals surface area (Å²) in [4.78, 5) is 4.54. The number of H-pyrrole nitrogens is 1. The number of para-hydroxylation sites is 1. The number of pyridine rings is 1. The van der Waals surface area contributed by atoms with Gasteiger partial charge >= 0.3 is 0 Å². The highest BCUT2D eigenvalue weighted by Gasteiger charge is 2.11. The van der Waals surface area contributed by atoms with E-state index >= 15 is 0 Å². The van der Waals surface area contributed by atoms with E-state index in [9.17, 15) is 0 Å². The van der Waals surface area contributed by atoms with Crippen molar-refractivity contribution in [3.05, 3.63) is 72.6 Å². The number of hydrogen-bond acceptors (Lipinski definition) is 3. The van der Waals surface area contributed by atoms with Crippen molar-refractivity contribution in [2.75, 3.05) is 0 Å². The fourth-order valence-corrected chi connectivity index (χ4v) is 2.66. The van der Waals surface area contributed by atoms with E-state index in [2.05, 4.69) is 15.2 Å². The maximum Gasteiger partial charge on any atom is 0.128 e. The van der Waals surface area contributed by atoms with E-state index in [0.29, 0.717) is 0 Å². The van der Waals surface area contributed by atoms with Gasteiger partial charge < -0.3 is 4.74 Å². The van der Waals surface area contributed by atoms with Crippen molar-refractivity contribution in [2.45, 2.75) is 6.92 Å². The van der Waals surface area contributed by atoms with Crippen LogP contribution < -0.4 is 4.74 Å². The third kappa shape index (κ3) is 2.55. The topological polar surface area (TPSA) is 50.8 Å². The zero-order valence-electron chi connectivity index (χ0n) is 12.7. The number of aromatic amines is 1. The molecule has 1 N–H and O–H groups in total. The molecule has 0 aliphatic heterocycles. The van der Waals surface area contributed by atoms with E-state index in [4.69, 9.17) is 4.74 Å². The van der Waals surface area contributed by atoms with E-state index in [1.54, 1.807) is 6.20 Å². The highest BCUT2D eigenvalue weighted by molar-refractivity contribution is 5.94. The van der Waals surface area contributed by atoms with Crippen molar-refractivity contribution in [1.29, 1.82) is 0 Å². The average Bonchev–Trinajstić information content (AvgIpc) is 2.98. The number of benzene rings is 2. The summed E-state index contributed by atoms with van der Waals surface area (Å²) in [6, 6.07) is 19.6. The number of fused-ring (bicyclic) bond motifs is 1. The molecule has 0 atom stereocenters. The van der Waals surface area contributed by atoms with Crippen molar-refractivity contribution in [2.24, 2.45) is 0 Å². The van der Waals surface area contributed by atoms with Crippen LogP contribution in [0.3, 0.4) is 0 Å². The summed E-state index contributed by atoms with van der Waals surface area (Å²) in [5.41, 5.74) is 3.85. The van der Waals surface area contributed by atoms with Crippen LogP contribution in [0.5, 0.6) is 11.5 Å². The molecule has 4 nitrogen and oxygen atoms in total. The lowest BCUT2D eigenvalue weighted by Gasteiger charge is -2.08. The van der Waals surface area contributed by atoms with Gasteiger partial charge in [-0.3, -0.25) is 10.1 Å². The SMILES string of the molecule is Cc1[nH]nc2ccnc(-c3cccc(Oc4ccccc4)c3)c12. The third-order valence-corrected chi connectivity index (χ3v) is 3.73. The summed E-state index contributed by atoms with van der Waals surface area (Å²) in [5.74, 6) is 1.60. The van der Waals surface area contributed by atoms with E-state index in [1.165, 1.54) is 0 Å². The average molecular weight is 301 g/mol. The maximum atomic E-state index is 5.91. The molecular weight excluding hydrogens is 286 g/mol. The van der Waals surface area contributed by atoms with Gasteiger partial charge in [-0.2, -0.15) is 5.10 Å². The van der Waals surface area contributed by atoms with Crippen LogP contribution in [-0.2, 0) is 0 Å². The summed E-state index contributed by atoms with van der Waals surface area (Å²) >= 11 is 0. The lowest BCUT2D eigenvalue weighted by molar-refractivity contribution is 0.483. The predicted molar refractivity (Wildman–Crippen MR) is 90.6 cm³/mol. The summed E-state index contributed by atoms with van der Waals surface area (Å²) in [7, 11) is 0. The Morgan fingerprint density at radius 3 is 2.61 bits per heavy atom. The van der Waals surface area contributed by atoms with Crippen LogP contribution in [0.2, 0.25) is 0 Å². The molecule has 0 saturated heterocycles. The first-order valence-corrected chi connectivity index (χ1v) is 7.44. The largest absolute Gasteiger partial charge is 0.457 e. The van der Waals surface area contributed by atoms with E-state index in [1.807, 2.05) is 67.6 Å². The molecule has 0 unspecified atom stereocenters. The van der Waals surface area contributed by atoms with Crippen LogP contribution in [0.15, 0.2) is 66.9 Å². The van der Waals surface area contributed by atoms with Crippen molar-refractivity contribution < 1.29 is 4.74 Å². The monoisotopic (exact) mass is 301 g/mol. The van der Waals surface area contributed by atoms with Gasteiger partial charge in [-0.25, -0.2) is 0 Å². The second-order valence-electron chi connectivity index (χ2n) is 5.35. The molecule has 4 aromatic rings. The van der Waals surface area contributed by atoms with Crippen LogP contribution in [0, 0.1) is 6.92 Å². The molecule has 0 spiro atoms. The van der Waals surface area contributed by atoms with Crippen molar-refractivity contribution in [3.63, 3.8) is 0 Å². The molecule has 2 heterocycles. The first kappa shape index (κ1) is 13.5. The Labute approximate surface area is 133 Å². The highest BCUT2D eigenvalue weighted by atomic mass is 16.5. The van der Waals surface area contributed by atoms with E-state index < -0.39 is 0 Å². The van der Waals surface area contributed by atoms with Crippen LogP contribution in [0.25, 0.3) is 22.2 Å². The molecule has 0 amide bonds. The first-order chi connectivity index (χ1) is 11.3. The summed E-state index contributed by atoms with van der Waals surface area (Å²) in [5, 5.41) is 8.36. The lowest BCUT2D eigenvalue weighted by atomic mass is 10.1. The number of ether oxygens (including phenoxy) is 1. The second kappa shape index (κ2) is 5.57. The molecule has 4 heteroatoms. The Morgan fingerprint density at radius 2 is 1.74 bits per heavy atom. The molecule has 112 valence electrons. The van der Waals surface area contributed by atoms with Crippen LogP contribution in [0.1, 0.15) is 5.69 Å². The minimum absolute atomic E-state index is 0.786. The Kier molecular flexibility index (Phi) is 3.27. The Bertz CT molecular complexity index is 961. The molecule has 0 bridgehead atoms. The molecule has 2 aromatic heterocycles. The van der Waals surface area contributed by atoms with Gasteiger partial charge in [0.25, 0.3) is 0 Å². The van der Waals surface area contributed by atoms with Gasteiger partial charge in [-0.1, -0.05) is 30.3 Å². The van der Waals surface area contributed by atoms with E-state index in [-0.39, 0.29) is 0 Å². The number of hydrogen-bond donors (Lipinski definition) is 1. The molecular formula is C19H15N3O. The summed E-state index contributed by atoms with van der Waals surface area (Å²) < 4.78 is 5.91. The van der Waals surface area contributed by atoms with Gasteiger partial charge in [0, 0.05) is 22.8 Å². The molecule has 0 aliphatic carbocycles. The predicted octanol–water partition coefficient (Wildman–Crippen LogP) is 4.73. The van der Waals surface area contributed by atoms with Gasteiger partial charge in [0.2, 0.25) is 0 Å². The van der Waals surface area contributed by atoms with Gasteiger partial charge in [0.15, 0.2) is 0 Å². The number of aromatic nitrogens is 3. The van der Waals surface area contributed by atoms with Crippen molar-refractivity contribution >= 4 is 10.9 Å². The zero-order chi connectivity index (χ0) is 15.6. The second-order valence-corrected chi connectivity index (χ2v) is 5.35. The number of rotatable bonds is 3. The molecule has 0 aliphatic rings. The van der Waals surface area contributed by atoms with Crippen molar-refractivity contribution in [3.8, 4) is 22.8 Å². The standard InChI is InChI=1S/C19H15N3O/c1-13-18-17(22-21-13)10-11-20-19(18)14-6-5-9-16(12-14)23-15-7-3-2-4-8-15/h2-12H,1H3,(H,21,22). The lowest BCUT2D eigenvalue weighted by Crippen LogP contribution is -1.88. The molecule has 23 heavy (non-hydrogen) atoms. The normalized spacial score (nSPS) is 10.8. The van der Waals surface area contributed by atoms with Crippen LogP contribution in [-0.4, -0.2) is 15.2 Å². The van der Waals surface area contributed by atoms with Gasteiger partial charge in [-0.15, -0.1) is 0 Å². The summed E-state index contributed by atoms with van der Waals surface area (Å²) in [6.45, 7) is 2.00. The Hall–Kier alpha value is -3.14.